The zero-order valence-corrected chi connectivity index (χ0v) is 12.1. The second-order valence-corrected chi connectivity index (χ2v) is 5.21. The first-order valence-corrected chi connectivity index (χ1v) is 6.96. The zero-order chi connectivity index (χ0) is 16.1. The van der Waals surface area contributed by atoms with Gasteiger partial charge in [-0.3, -0.25) is 9.59 Å². The fraction of sp³-hybridized carbons (Fsp3) is 0.0588. The van der Waals surface area contributed by atoms with Crippen LogP contribution < -0.4 is 4.73 Å². The lowest BCUT2D eigenvalue weighted by molar-refractivity contribution is -0.607. The highest BCUT2D eigenvalue weighted by atomic mass is 16.5. The first-order valence-electron chi connectivity index (χ1n) is 6.96. The van der Waals surface area contributed by atoms with Gasteiger partial charge in [0.2, 0.25) is 11.5 Å². The molecule has 0 saturated heterocycles. The molecule has 0 aliphatic heterocycles. The summed E-state index contributed by atoms with van der Waals surface area (Å²) in [5, 5.41) is 12.1. The predicted octanol–water partition coefficient (Wildman–Crippen LogP) is 2.06. The Hall–Kier alpha value is -3.28. The third-order valence-electron chi connectivity index (χ3n) is 3.79. The topological polar surface area (TPSA) is 87.1 Å². The molecule has 23 heavy (non-hydrogen) atoms. The molecule has 1 aliphatic carbocycles. The Kier molecular flexibility index (Phi) is 2.68. The zero-order valence-electron chi connectivity index (χ0n) is 12.1. The molecule has 0 atom stereocenters. The molecule has 0 bridgehead atoms. The van der Waals surface area contributed by atoms with Crippen molar-refractivity contribution in [2.75, 3.05) is 0 Å². The Bertz CT molecular complexity index is 974. The number of ketones is 2. The molecule has 112 valence electrons. The molecule has 0 unspecified atom stereocenters. The Morgan fingerprint density at radius 2 is 1.83 bits per heavy atom. The number of aryl methyl sites for hydroxylation is 1. The van der Waals surface area contributed by atoms with Gasteiger partial charge in [-0.25, -0.2) is 4.98 Å². The van der Waals surface area contributed by atoms with Crippen LogP contribution in [0.2, 0.25) is 0 Å². The van der Waals surface area contributed by atoms with Crippen LogP contribution in [-0.2, 0) is 0 Å². The molecule has 0 spiro atoms. The fourth-order valence-corrected chi connectivity index (χ4v) is 2.80. The number of hydrogen-bond acceptors (Lipinski definition) is 5. The molecule has 0 radical (unpaired) electrons. The lowest BCUT2D eigenvalue weighted by Crippen LogP contribution is -2.40. The monoisotopic (exact) mass is 306 g/mol. The van der Waals surface area contributed by atoms with Crippen LogP contribution in [0.3, 0.4) is 0 Å². The van der Waals surface area contributed by atoms with Crippen LogP contribution >= 0.6 is 0 Å². The van der Waals surface area contributed by atoms with Crippen molar-refractivity contribution >= 4 is 11.6 Å². The number of oxazole rings is 1. The molecule has 6 heteroatoms. The molecule has 4 rings (SSSR count). The van der Waals surface area contributed by atoms with E-state index in [0.717, 1.165) is 5.56 Å². The van der Waals surface area contributed by atoms with Crippen molar-refractivity contribution in [1.82, 2.24) is 4.98 Å². The fourth-order valence-electron chi connectivity index (χ4n) is 2.80. The first kappa shape index (κ1) is 13.4. The van der Waals surface area contributed by atoms with Crippen LogP contribution in [0.4, 0.5) is 0 Å². The average Bonchev–Trinajstić information content (AvgIpc) is 2.95. The van der Waals surface area contributed by atoms with Gasteiger partial charge in [0.15, 0.2) is 17.8 Å². The van der Waals surface area contributed by atoms with E-state index in [1.54, 1.807) is 6.92 Å². The highest BCUT2D eigenvalue weighted by Gasteiger charge is 2.42. The highest BCUT2D eigenvalue weighted by Crippen LogP contribution is 2.32. The molecule has 0 fully saturated rings. The Labute approximate surface area is 130 Å². The Morgan fingerprint density at radius 1 is 1.09 bits per heavy atom. The molecule has 2 heterocycles. The van der Waals surface area contributed by atoms with E-state index in [-0.39, 0.29) is 28.6 Å². The van der Waals surface area contributed by atoms with Crippen molar-refractivity contribution in [3.05, 3.63) is 76.4 Å². The maximum atomic E-state index is 12.8. The maximum absolute atomic E-state index is 12.8. The summed E-state index contributed by atoms with van der Waals surface area (Å²) in [6.45, 7) is 1.55. The van der Waals surface area contributed by atoms with E-state index in [1.807, 2.05) is 30.3 Å². The van der Waals surface area contributed by atoms with Crippen molar-refractivity contribution < 1.29 is 18.7 Å². The third-order valence-corrected chi connectivity index (χ3v) is 3.79. The normalized spacial score (nSPS) is 12.9. The molecule has 3 aromatic rings. The lowest BCUT2D eigenvalue weighted by atomic mass is 9.88. The van der Waals surface area contributed by atoms with Crippen molar-refractivity contribution in [3.63, 3.8) is 0 Å². The van der Waals surface area contributed by atoms with Gasteiger partial charge in [0.25, 0.3) is 11.5 Å². The Morgan fingerprint density at radius 3 is 2.57 bits per heavy atom. The summed E-state index contributed by atoms with van der Waals surface area (Å²) in [6.07, 6.45) is 1.22. The molecule has 1 aliphatic rings. The molecule has 6 nitrogen and oxygen atoms in total. The minimum absolute atomic E-state index is 0.0385. The maximum Gasteiger partial charge on any atom is 0.296 e. The SMILES string of the molecule is Cc1nc2c(o1)C(=O)c1c(c(-c3ccccc3)cc[n+]1[O-])C2=O. The predicted molar refractivity (Wildman–Crippen MR) is 78.9 cm³/mol. The summed E-state index contributed by atoms with van der Waals surface area (Å²) in [7, 11) is 0. The van der Waals surface area contributed by atoms with Gasteiger partial charge in [-0.05, 0) is 5.56 Å². The van der Waals surface area contributed by atoms with Gasteiger partial charge in [-0.2, -0.15) is 4.73 Å². The quantitative estimate of drug-likeness (QED) is 0.397. The summed E-state index contributed by atoms with van der Waals surface area (Å²) in [6, 6.07) is 10.6. The third kappa shape index (κ3) is 1.81. The molecule has 2 aromatic heterocycles. The summed E-state index contributed by atoms with van der Waals surface area (Å²) in [4.78, 5) is 29.3. The summed E-state index contributed by atoms with van der Waals surface area (Å²) in [5.74, 6) is -1.06. The van der Waals surface area contributed by atoms with Crippen LogP contribution in [0.25, 0.3) is 11.1 Å². The minimum Gasteiger partial charge on any atom is -0.618 e. The van der Waals surface area contributed by atoms with Gasteiger partial charge in [0.1, 0.15) is 5.56 Å². The molecule has 0 saturated carbocycles. The van der Waals surface area contributed by atoms with Gasteiger partial charge in [0, 0.05) is 18.6 Å². The summed E-state index contributed by atoms with van der Waals surface area (Å²) >= 11 is 0. The number of carbonyl (C=O) groups is 2. The van der Waals surface area contributed by atoms with Crippen LogP contribution in [0.1, 0.15) is 38.2 Å². The van der Waals surface area contributed by atoms with Crippen LogP contribution in [-0.4, -0.2) is 16.6 Å². The standard InChI is InChI=1S/C17H10N2O4/c1-9-18-13-15(20)12-11(10-5-3-2-4-6-10)7-8-19(22)14(12)16(21)17(13)23-9/h2-8H,1H3. The largest absolute Gasteiger partial charge is 0.618 e. The summed E-state index contributed by atoms with van der Waals surface area (Å²) < 4.78 is 5.62. The number of aromatic nitrogens is 2. The van der Waals surface area contributed by atoms with Gasteiger partial charge in [-0.1, -0.05) is 30.3 Å². The molecule has 1 aromatic carbocycles. The average molecular weight is 306 g/mol. The van der Waals surface area contributed by atoms with Crippen LogP contribution in [0.5, 0.6) is 0 Å². The van der Waals surface area contributed by atoms with Crippen molar-refractivity contribution in [1.29, 1.82) is 0 Å². The highest BCUT2D eigenvalue weighted by molar-refractivity contribution is 6.27. The molecular weight excluding hydrogens is 296 g/mol. The van der Waals surface area contributed by atoms with E-state index in [9.17, 15) is 14.8 Å². The van der Waals surface area contributed by atoms with Crippen molar-refractivity contribution in [3.8, 4) is 11.1 Å². The number of nitrogens with zero attached hydrogens (tertiary/aromatic N) is 2. The van der Waals surface area contributed by atoms with E-state index >= 15 is 0 Å². The number of hydrogen-bond donors (Lipinski definition) is 0. The molecule has 0 N–H and O–H groups in total. The minimum atomic E-state index is -0.622. The Balaban J connectivity index is 2.06. The van der Waals surface area contributed by atoms with Gasteiger partial charge >= 0.3 is 0 Å². The van der Waals surface area contributed by atoms with E-state index in [4.69, 9.17) is 4.42 Å². The van der Waals surface area contributed by atoms with Crippen molar-refractivity contribution in [2.24, 2.45) is 0 Å². The van der Waals surface area contributed by atoms with Crippen LogP contribution in [0, 0.1) is 12.1 Å². The molecule has 0 amide bonds. The van der Waals surface area contributed by atoms with Gasteiger partial charge < -0.3 is 9.62 Å². The number of pyridine rings is 1. The first-order chi connectivity index (χ1) is 11.1. The number of carbonyl (C=O) groups excluding carboxylic acids is 2. The second kappa shape index (κ2) is 4.61. The van der Waals surface area contributed by atoms with Crippen LogP contribution in [0.15, 0.2) is 47.0 Å². The van der Waals surface area contributed by atoms with Crippen molar-refractivity contribution in [2.45, 2.75) is 6.92 Å². The number of benzene rings is 1. The lowest BCUT2D eigenvalue weighted by Gasteiger charge is -2.15. The molecular formula is C17H10N2O4. The van der Waals surface area contributed by atoms with E-state index in [2.05, 4.69) is 4.98 Å². The van der Waals surface area contributed by atoms with E-state index in [1.165, 1.54) is 12.3 Å². The number of rotatable bonds is 1. The second-order valence-electron chi connectivity index (χ2n) is 5.21. The van der Waals surface area contributed by atoms with E-state index in [0.29, 0.717) is 10.3 Å². The van der Waals surface area contributed by atoms with Gasteiger partial charge in [0.05, 0.1) is 0 Å². The van der Waals surface area contributed by atoms with E-state index < -0.39 is 11.6 Å². The summed E-state index contributed by atoms with van der Waals surface area (Å²) in [5.41, 5.74) is 1.08. The number of fused-ring (bicyclic) bond motifs is 2. The smallest absolute Gasteiger partial charge is 0.296 e. The van der Waals surface area contributed by atoms with Gasteiger partial charge in [-0.15, -0.1) is 0 Å².